The van der Waals surface area contributed by atoms with Crippen molar-refractivity contribution in [1.29, 1.82) is 0 Å². The van der Waals surface area contributed by atoms with E-state index in [0.717, 1.165) is 16.9 Å². The number of ether oxygens (including phenoxy) is 2. The molecule has 2 aromatic carbocycles. The van der Waals surface area contributed by atoms with Crippen LogP contribution in [0.5, 0.6) is 5.75 Å². The third-order valence-corrected chi connectivity index (χ3v) is 5.84. The van der Waals surface area contributed by atoms with Crippen LogP contribution in [-0.4, -0.2) is 52.8 Å². The number of hydrogen-bond donors (Lipinski definition) is 1. The van der Waals surface area contributed by atoms with Crippen LogP contribution in [0.2, 0.25) is 5.02 Å². The van der Waals surface area contributed by atoms with Gasteiger partial charge in [0.1, 0.15) is 18.1 Å². The highest BCUT2D eigenvalue weighted by Gasteiger charge is 2.26. The first-order valence-electron chi connectivity index (χ1n) is 11.2. The van der Waals surface area contributed by atoms with E-state index in [0.29, 0.717) is 61.4 Å². The van der Waals surface area contributed by atoms with Gasteiger partial charge in [-0.3, -0.25) is 14.3 Å². The quantitative estimate of drug-likeness (QED) is 0.546. The minimum absolute atomic E-state index is 0.168. The first-order valence-corrected chi connectivity index (χ1v) is 11.6. The van der Waals surface area contributed by atoms with E-state index in [1.807, 2.05) is 32.0 Å². The van der Waals surface area contributed by atoms with Crippen molar-refractivity contribution in [2.75, 3.05) is 31.6 Å². The average Bonchev–Trinajstić information content (AvgIpc) is 3.26. The Morgan fingerprint density at radius 2 is 1.97 bits per heavy atom. The number of amides is 2. The summed E-state index contributed by atoms with van der Waals surface area (Å²) in [6, 6.07) is 12.6. The number of morpholine rings is 1. The fraction of sp³-hybridized carbons (Fsp3) is 0.320. The number of carbonyl (C=O) groups excluding carboxylic acids is 2. The summed E-state index contributed by atoms with van der Waals surface area (Å²) in [5, 5.41) is 7.80. The zero-order valence-electron chi connectivity index (χ0n) is 19.2. The van der Waals surface area contributed by atoms with Crippen LogP contribution in [0.4, 0.5) is 5.69 Å². The highest BCUT2D eigenvalue weighted by Crippen LogP contribution is 2.23. The Morgan fingerprint density at radius 3 is 2.71 bits per heavy atom. The number of nitrogens with zero attached hydrogens (tertiary/aromatic N) is 3. The highest BCUT2D eigenvalue weighted by atomic mass is 35.5. The first-order chi connectivity index (χ1) is 16.5. The Kier molecular flexibility index (Phi) is 7.49. The molecule has 2 heterocycles. The summed E-state index contributed by atoms with van der Waals surface area (Å²) in [6.07, 6.45) is 1.52. The minimum atomic E-state index is -0.323. The molecule has 8 nitrogen and oxygen atoms in total. The molecule has 1 fully saturated rings. The zero-order chi connectivity index (χ0) is 24.1. The second-order valence-electron chi connectivity index (χ2n) is 7.98. The molecular formula is C25H27ClN4O4. The molecule has 0 spiro atoms. The molecule has 1 saturated heterocycles. The third-order valence-electron chi connectivity index (χ3n) is 5.61. The standard InChI is InChI=1S/C25H27ClN4O4/c1-3-30-23(25(32)29-9-11-33-12-10-29)21(15-27-30)28-24(31)19-6-4-5-18(14-19)16-34-22-8-7-20(26)13-17(22)2/h4-8,13-15H,3,9-12,16H2,1-2H3,(H,28,31). The smallest absolute Gasteiger partial charge is 0.274 e. The van der Waals surface area contributed by atoms with Crippen LogP contribution in [0.15, 0.2) is 48.7 Å². The maximum atomic E-state index is 13.1. The predicted molar refractivity (Wildman–Crippen MR) is 130 cm³/mol. The van der Waals surface area contributed by atoms with Crippen molar-refractivity contribution in [1.82, 2.24) is 14.7 Å². The molecule has 1 N–H and O–H groups in total. The number of carbonyl (C=O) groups is 2. The van der Waals surface area contributed by atoms with Gasteiger partial charge in [-0.05, 0) is 55.3 Å². The molecule has 2 amide bonds. The summed E-state index contributed by atoms with van der Waals surface area (Å²) in [7, 11) is 0. The van der Waals surface area contributed by atoms with E-state index in [9.17, 15) is 9.59 Å². The summed E-state index contributed by atoms with van der Waals surface area (Å²) in [5.41, 5.74) is 3.00. The number of anilines is 1. The average molecular weight is 483 g/mol. The lowest BCUT2D eigenvalue weighted by Gasteiger charge is -2.27. The SMILES string of the molecule is CCn1ncc(NC(=O)c2cccc(COc3ccc(Cl)cc3C)c2)c1C(=O)N1CCOCC1. The molecular weight excluding hydrogens is 456 g/mol. The van der Waals surface area contributed by atoms with Crippen molar-refractivity contribution in [3.63, 3.8) is 0 Å². The van der Waals surface area contributed by atoms with Crippen molar-refractivity contribution in [3.8, 4) is 5.75 Å². The van der Waals surface area contributed by atoms with Gasteiger partial charge in [0.05, 0.1) is 25.1 Å². The van der Waals surface area contributed by atoms with E-state index in [-0.39, 0.29) is 11.8 Å². The van der Waals surface area contributed by atoms with Crippen LogP contribution >= 0.6 is 11.6 Å². The van der Waals surface area contributed by atoms with E-state index in [2.05, 4.69) is 10.4 Å². The molecule has 34 heavy (non-hydrogen) atoms. The van der Waals surface area contributed by atoms with Crippen LogP contribution in [0, 0.1) is 6.92 Å². The first kappa shape index (κ1) is 23.8. The van der Waals surface area contributed by atoms with Crippen LogP contribution < -0.4 is 10.1 Å². The topological polar surface area (TPSA) is 85.7 Å². The summed E-state index contributed by atoms with van der Waals surface area (Å²) in [5.74, 6) is 0.243. The molecule has 1 aliphatic heterocycles. The van der Waals surface area contributed by atoms with Gasteiger partial charge in [0, 0.05) is 30.2 Å². The van der Waals surface area contributed by atoms with Gasteiger partial charge in [-0.25, -0.2) is 0 Å². The van der Waals surface area contributed by atoms with E-state index >= 15 is 0 Å². The number of aromatic nitrogens is 2. The lowest BCUT2D eigenvalue weighted by Crippen LogP contribution is -2.41. The summed E-state index contributed by atoms with van der Waals surface area (Å²) >= 11 is 6.01. The van der Waals surface area contributed by atoms with Gasteiger partial charge < -0.3 is 19.7 Å². The molecule has 3 aromatic rings. The van der Waals surface area contributed by atoms with Crippen molar-refractivity contribution < 1.29 is 19.1 Å². The van der Waals surface area contributed by atoms with E-state index in [4.69, 9.17) is 21.1 Å². The molecule has 9 heteroatoms. The van der Waals surface area contributed by atoms with Crippen molar-refractivity contribution in [2.45, 2.75) is 27.0 Å². The van der Waals surface area contributed by atoms with Gasteiger partial charge in [-0.1, -0.05) is 23.7 Å². The molecule has 0 bridgehead atoms. The third kappa shape index (κ3) is 5.40. The van der Waals surface area contributed by atoms with Gasteiger partial charge in [-0.15, -0.1) is 0 Å². The second kappa shape index (κ2) is 10.7. The number of benzene rings is 2. The normalized spacial score (nSPS) is 13.6. The number of hydrogen-bond acceptors (Lipinski definition) is 5. The summed E-state index contributed by atoms with van der Waals surface area (Å²) in [6.45, 7) is 6.66. The van der Waals surface area contributed by atoms with E-state index in [1.54, 1.807) is 33.8 Å². The molecule has 0 atom stereocenters. The highest BCUT2D eigenvalue weighted by molar-refractivity contribution is 6.30. The Bertz CT molecular complexity index is 1190. The number of nitrogens with one attached hydrogen (secondary N) is 1. The molecule has 1 aromatic heterocycles. The maximum absolute atomic E-state index is 13.1. The van der Waals surface area contributed by atoms with Gasteiger partial charge >= 0.3 is 0 Å². The Morgan fingerprint density at radius 1 is 1.18 bits per heavy atom. The van der Waals surface area contributed by atoms with Crippen molar-refractivity contribution >= 4 is 29.1 Å². The largest absolute Gasteiger partial charge is 0.489 e. The predicted octanol–water partition coefficient (Wildman–Crippen LogP) is 4.17. The molecule has 0 aliphatic carbocycles. The van der Waals surface area contributed by atoms with Gasteiger partial charge in [0.15, 0.2) is 0 Å². The minimum Gasteiger partial charge on any atom is -0.489 e. The van der Waals surface area contributed by atoms with Gasteiger partial charge in [0.2, 0.25) is 0 Å². The fourth-order valence-electron chi connectivity index (χ4n) is 3.79. The lowest BCUT2D eigenvalue weighted by molar-refractivity contribution is 0.0295. The van der Waals surface area contributed by atoms with Gasteiger partial charge in [-0.2, -0.15) is 5.10 Å². The Hall–Kier alpha value is -3.36. The Balaban J connectivity index is 1.48. The van der Waals surface area contributed by atoms with Crippen LogP contribution in [0.3, 0.4) is 0 Å². The van der Waals surface area contributed by atoms with Crippen molar-refractivity contribution in [3.05, 3.63) is 76.1 Å². The van der Waals surface area contributed by atoms with E-state index in [1.165, 1.54) is 6.20 Å². The van der Waals surface area contributed by atoms with Crippen LogP contribution in [0.1, 0.15) is 38.9 Å². The number of aryl methyl sites for hydroxylation is 2. The number of halogens is 1. The fourth-order valence-corrected chi connectivity index (χ4v) is 4.02. The lowest BCUT2D eigenvalue weighted by atomic mass is 10.1. The maximum Gasteiger partial charge on any atom is 0.274 e. The van der Waals surface area contributed by atoms with Crippen molar-refractivity contribution in [2.24, 2.45) is 0 Å². The Labute approximate surface area is 203 Å². The van der Waals surface area contributed by atoms with E-state index < -0.39 is 0 Å². The number of rotatable bonds is 7. The molecule has 0 unspecified atom stereocenters. The monoisotopic (exact) mass is 482 g/mol. The molecule has 178 valence electrons. The zero-order valence-corrected chi connectivity index (χ0v) is 20.0. The van der Waals surface area contributed by atoms with Gasteiger partial charge in [0.25, 0.3) is 11.8 Å². The summed E-state index contributed by atoms with van der Waals surface area (Å²) in [4.78, 5) is 27.9. The summed E-state index contributed by atoms with van der Waals surface area (Å²) < 4.78 is 12.9. The van der Waals surface area contributed by atoms with Crippen LogP contribution in [0.25, 0.3) is 0 Å². The molecule has 4 rings (SSSR count). The van der Waals surface area contributed by atoms with Crippen LogP contribution in [-0.2, 0) is 17.9 Å². The molecule has 0 radical (unpaired) electrons. The molecule has 1 aliphatic rings. The molecule has 0 saturated carbocycles. The second-order valence-corrected chi connectivity index (χ2v) is 8.42.